The van der Waals surface area contributed by atoms with Crippen LogP contribution in [0.1, 0.15) is 43.0 Å². The molecule has 7 nitrogen and oxygen atoms in total. The van der Waals surface area contributed by atoms with Crippen molar-refractivity contribution in [2.45, 2.75) is 45.7 Å². The van der Waals surface area contributed by atoms with Crippen molar-refractivity contribution in [3.8, 4) is 5.75 Å². The van der Waals surface area contributed by atoms with E-state index >= 15 is 0 Å². The molecule has 1 aromatic carbocycles. The lowest BCUT2D eigenvalue weighted by Crippen LogP contribution is -2.41. The predicted octanol–water partition coefficient (Wildman–Crippen LogP) is 2.36. The molecule has 1 unspecified atom stereocenters. The number of nitrogens with zero attached hydrogens (tertiary/aromatic N) is 3. The van der Waals surface area contributed by atoms with Gasteiger partial charge in [-0.1, -0.05) is 25.1 Å². The average molecular weight is 343 g/mol. The minimum absolute atomic E-state index is 0.0844. The molecule has 0 bridgehead atoms. The average Bonchev–Trinajstić information content (AvgIpc) is 3.04. The lowest BCUT2D eigenvalue weighted by atomic mass is 10.1. The van der Waals surface area contributed by atoms with Crippen LogP contribution in [-0.4, -0.2) is 33.9 Å². The van der Waals surface area contributed by atoms with E-state index in [0.717, 1.165) is 48.8 Å². The highest BCUT2D eigenvalue weighted by atomic mass is 16.5. The molecule has 0 saturated carbocycles. The molecular formula is C18H25N5O2. The number of urea groups is 1. The molecule has 7 heteroatoms. The van der Waals surface area contributed by atoms with Gasteiger partial charge < -0.3 is 15.4 Å². The summed E-state index contributed by atoms with van der Waals surface area (Å²) >= 11 is 0. The van der Waals surface area contributed by atoms with Gasteiger partial charge in [-0.3, -0.25) is 0 Å². The Morgan fingerprint density at radius 3 is 3.04 bits per heavy atom. The fraction of sp³-hybridized carbons (Fsp3) is 0.500. The van der Waals surface area contributed by atoms with E-state index in [9.17, 15) is 4.79 Å². The number of nitrogens with one attached hydrogen (secondary N) is 2. The summed E-state index contributed by atoms with van der Waals surface area (Å²) in [5, 5.41) is 10.3. The van der Waals surface area contributed by atoms with Gasteiger partial charge in [-0.2, -0.15) is 5.10 Å². The number of benzene rings is 1. The molecule has 2 N–H and O–H groups in total. The molecular weight excluding hydrogens is 318 g/mol. The van der Waals surface area contributed by atoms with Crippen LogP contribution in [0.15, 0.2) is 24.3 Å². The van der Waals surface area contributed by atoms with Crippen LogP contribution in [-0.2, 0) is 13.0 Å². The quantitative estimate of drug-likeness (QED) is 0.789. The summed E-state index contributed by atoms with van der Waals surface area (Å²) in [5.74, 6) is 2.53. The Balaban J connectivity index is 1.46. The monoisotopic (exact) mass is 343 g/mol. The van der Waals surface area contributed by atoms with Crippen LogP contribution in [0.4, 0.5) is 4.79 Å². The van der Waals surface area contributed by atoms with E-state index in [-0.39, 0.29) is 12.1 Å². The van der Waals surface area contributed by atoms with Crippen molar-refractivity contribution in [2.75, 3.05) is 13.2 Å². The zero-order chi connectivity index (χ0) is 17.6. The van der Waals surface area contributed by atoms with Gasteiger partial charge in [0.25, 0.3) is 0 Å². The van der Waals surface area contributed by atoms with Gasteiger partial charge in [-0.15, -0.1) is 0 Å². The largest absolute Gasteiger partial charge is 0.491 e. The number of rotatable bonds is 6. The van der Waals surface area contributed by atoms with Crippen LogP contribution in [0.25, 0.3) is 0 Å². The molecule has 2 amide bonds. The van der Waals surface area contributed by atoms with Crippen molar-refractivity contribution in [1.82, 2.24) is 25.4 Å². The van der Waals surface area contributed by atoms with Crippen LogP contribution in [0.2, 0.25) is 0 Å². The Labute approximate surface area is 147 Å². The van der Waals surface area contributed by atoms with Crippen molar-refractivity contribution in [1.29, 1.82) is 0 Å². The van der Waals surface area contributed by atoms with E-state index in [1.165, 1.54) is 0 Å². The van der Waals surface area contributed by atoms with Crippen molar-refractivity contribution >= 4 is 6.03 Å². The summed E-state index contributed by atoms with van der Waals surface area (Å²) in [4.78, 5) is 16.7. The fourth-order valence-corrected chi connectivity index (χ4v) is 2.94. The molecule has 2 aromatic rings. The number of aryl methyl sites for hydroxylation is 3. The molecule has 2 heterocycles. The van der Waals surface area contributed by atoms with Crippen molar-refractivity contribution in [3.63, 3.8) is 0 Å². The lowest BCUT2D eigenvalue weighted by molar-refractivity contribution is 0.228. The number of hydrogen-bond acceptors (Lipinski definition) is 4. The van der Waals surface area contributed by atoms with Crippen LogP contribution in [0.5, 0.6) is 5.75 Å². The first-order valence-corrected chi connectivity index (χ1v) is 8.83. The SMILES string of the molecule is CCc1nc2n(n1)CCCC2NC(=O)NCCOc1ccccc1C. The zero-order valence-electron chi connectivity index (χ0n) is 14.8. The number of hydrogen-bond donors (Lipinski definition) is 2. The Hall–Kier alpha value is -2.57. The maximum atomic E-state index is 12.1. The second-order valence-electron chi connectivity index (χ2n) is 6.17. The summed E-state index contributed by atoms with van der Waals surface area (Å²) in [6.07, 6.45) is 2.67. The summed E-state index contributed by atoms with van der Waals surface area (Å²) < 4.78 is 7.59. The molecule has 1 atom stereocenters. The maximum absolute atomic E-state index is 12.1. The van der Waals surface area contributed by atoms with Gasteiger partial charge in [0.2, 0.25) is 0 Å². The second kappa shape index (κ2) is 8.00. The Morgan fingerprint density at radius 1 is 1.40 bits per heavy atom. The molecule has 1 aliphatic heterocycles. The lowest BCUT2D eigenvalue weighted by Gasteiger charge is -2.23. The summed E-state index contributed by atoms with van der Waals surface area (Å²) in [6, 6.07) is 7.55. The van der Waals surface area contributed by atoms with Gasteiger partial charge in [0, 0.05) is 13.0 Å². The summed E-state index contributed by atoms with van der Waals surface area (Å²) in [6.45, 7) is 5.77. The molecule has 1 aromatic heterocycles. The number of aromatic nitrogens is 3. The molecule has 0 radical (unpaired) electrons. The smallest absolute Gasteiger partial charge is 0.315 e. The number of fused-ring (bicyclic) bond motifs is 1. The van der Waals surface area contributed by atoms with Crippen LogP contribution >= 0.6 is 0 Å². The zero-order valence-corrected chi connectivity index (χ0v) is 14.8. The third-order valence-corrected chi connectivity index (χ3v) is 4.28. The third kappa shape index (κ3) is 4.29. The Kier molecular flexibility index (Phi) is 5.53. The van der Waals surface area contributed by atoms with Crippen LogP contribution in [0, 0.1) is 6.92 Å². The van der Waals surface area contributed by atoms with Crippen LogP contribution in [0.3, 0.4) is 0 Å². The minimum Gasteiger partial charge on any atom is -0.491 e. The number of ether oxygens (including phenoxy) is 1. The molecule has 134 valence electrons. The molecule has 0 fully saturated rings. The molecule has 3 rings (SSSR count). The first-order valence-electron chi connectivity index (χ1n) is 8.83. The molecule has 0 aliphatic carbocycles. The van der Waals surface area contributed by atoms with E-state index in [2.05, 4.69) is 20.7 Å². The van der Waals surface area contributed by atoms with Crippen LogP contribution < -0.4 is 15.4 Å². The van der Waals surface area contributed by atoms with E-state index in [4.69, 9.17) is 4.74 Å². The van der Waals surface area contributed by atoms with E-state index in [1.807, 2.05) is 42.8 Å². The maximum Gasteiger partial charge on any atom is 0.315 e. The van der Waals surface area contributed by atoms with Crippen molar-refractivity contribution in [2.24, 2.45) is 0 Å². The minimum atomic E-state index is -0.201. The molecule has 1 aliphatic rings. The number of carbonyl (C=O) groups is 1. The molecule has 25 heavy (non-hydrogen) atoms. The molecule has 0 saturated heterocycles. The number of carbonyl (C=O) groups excluding carboxylic acids is 1. The topological polar surface area (TPSA) is 81.1 Å². The van der Waals surface area contributed by atoms with E-state index < -0.39 is 0 Å². The third-order valence-electron chi connectivity index (χ3n) is 4.28. The Morgan fingerprint density at radius 2 is 2.24 bits per heavy atom. The molecule has 0 spiro atoms. The first-order chi connectivity index (χ1) is 12.2. The number of amides is 2. The van der Waals surface area contributed by atoms with Crippen molar-refractivity contribution < 1.29 is 9.53 Å². The van der Waals surface area contributed by atoms with E-state index in [0.29, 0.717) is 13.2 Å². The number of para-hydroxylation sites is 1. The second-order valence-corrected chi connectivity index (χ2v) is 6.17. The highest BCUT2D eigenvalue weighted by Gasteiger charge is 2.25. The van der Waals surface area contributed by atoms with Gasteiger partial charge >= 0.3 is 6.03 Å². The summed E-state index contributed by atoms with van der Waals surface area (Å²) in [5.41, 5.74) is 1.08. The highest BCUT2D eigenvalue weighted by Crippen LogP contribution is 2.23. The fourth-order valence-electron chi connectivity index (χ4n) is 2.94. The summed E-state index contributed by atoms with van der Waals surface area (Å²) in [7, 11) is 0. The van der Waals surface area contributed by atoms with Gasteiger partial charge in [-0.05, 0) is 31.4 Å². The Bertz CT molecular complexity index is 728. The van der Waals surface area contributed by atoms with Gasteiger partial charge in [-0.25, -0.2) is 14.5 Å². The van der Waals surface area contributed by atoms with Gasteiger partial charge in [0.05, 0.1) is 12.6 Å². The van der Waals surface area contributed by atoms with Gasteiger partial charge in [0.1, 0.15) is 18.2 Å². The first kappa shape index (κ1) is 17.3. The van der Waals surface area contributed by atoms with E-state index in [1.54, 1.807) is 0 Å². The normalized spacial score (nSPS) is 16.2. The standard InChI is InChI=1S/C18H25N5O2/c1-3-16-21-17-14(8-6-11-23(17)22-16)20-18(24)19-10-12-25-15-9-5-4-7-13(15)2/h4-5,7,9,14H,3,6,8,10-12H2,1-2H3,(H2,19,20,24). The van der Waals surface area contributed by atoms with Gasteiger partial charge in [0.15, 0.2) is 5.82 Å². The predicted molar refractivity (Wildman–Crippen MR) is 94.6 cm³/mol. The highest BCUT2D eigenvalue weighted by molar-refractivity contribution is 5.74. The van der Waals surface area contributed by atoms with Crippen molar-refractivity contribution in [3.05, 3.63) is 41.5 Å².